The Morgan fingerprint density at radius 1 is 1.00 bits per heavy atom. The summed E-state index contributed by atoms with van der Waals surface area (Å²) in [6, 6.07) is 12.6. The number of halogens is 1. The number of nitrogens with two attached hydrogens (primary N) is 1. The zero-order valence-corrected chi connectivity index (χ0v) is 12.2. The quantitative estimate of drug-likeness (QED) is 0.632. The molecular weight excluding hydrogens is 335 g/mol. The fourth-order valence-electron chi connectivity index (χ4n) is 2.44. The molecule has 0 spiro atoms. The van der Waals surface area contributed by atoms with E-state index in [1.165, 1.54) is 36.1 Å². The van der Waals surface area contributed by atoms with Crippen molar-refractivity contribution in [2.24, 2.45) is 0 Å². The van der Waals surface area contributed by atoms with Crippen LogP contribution in [-0.2, 0) is 12.8 Å². The highest BCUT2D eigenvalue weighted by Crippen LogP contribution is 2.28. The van der Waals surface area contributed by atoms with Gasteiger partial charge in [0.15, 0.2) is 0 Å². The molecule has 0 saturated carbocycles. The van der Waals surface area contributed by atoms with Crippen LogP contribution in [0.4, 0.5) is 17.1 Å². The third-order valence-corrected chi connectivity index (χ3v) is 4.26. The number of aryl methyl sites for hydroxylation is 2. The van der Waals surface area contributed by atoms with E-state index >= 15 is 0 Å². The van der Waals surface area contributed by atoms with Crippen LogP contribution in [0.15, 0.2) is 36.4 Å². The first-order valence-corrected chi connectivity index (χ1v) is 7.24. The molecule has 0 aliphatic heterocycles. The second kappa shape index (κ2) is 4.80. The van der Waals surface area contributed by atoms with E-state index in [-0.39, 0.29) is 0 Å². The van der Waals surface area contributed by atoms with Crippen molar-refractivity contribution >= 4 is 39.7 Å². The summed E-state index contributed by atoms with van der Waals surface area (Å²) in [5.41, 5.74) is 11.8. The lowest BCUT2D eigenvalue weighted by Crippen LogP contribution is -1.95. The maximum absolute atomic E-state index is 5.76. The van der Waals surface area contributed by atoms with Gasteiger partial charge in [-0.25, -0.2) is 0 Å². The van der Waals surface area contributed by atoms with E-state index in [0.717, 1.165) is 14.9 Å². The summed E-state index contributed by atoms with van der Waals surface area (Å²) in [6.45, 7) is 0. The Balaban J connectivity index is 1.88. The van der Waals surface area contributed by atoms with Crippen molar-refractivity contribution in [2.75, 3.05) is 11.1 Å². The van der Waals surface area contributed by atoms with Gasteiger partial charge in [0.1, 0.15) is 0 Å². The highest BCUT2D eigenvalue weighted by molar-refractivity contribution is 14.1. The smallest absolute Gasteiger partial charge is 0.0521 e. The van der Waals surface area contributed by atoms with Gasteiger partial charge in [0.2, 0.25) is 0 Å². The zero-order valence-electron chi connectivity index (χ0n) is 10.0. The molecule has 92 valence electrons. The summed E-state index contributed by atoms with van der Waals surface area (Å²) >= 11 is 2.31. The summed E-state index contributed by atoms with van der Waals surface area (Å²) in [7, 11) is 0. The van der Waals surface area contributed by atoms with Crippen LogP contribution < -0.4 is 11.1 Å². The number of hydrogen-bond donors (Lipinski definition) is 2. The van der Waals surface area contributed by atoms with Crippen LogP contribution in [0, 0.1) is 3.57 Å². The van der Waals surface area contributed by atoms with Gasteiger partial charge in [-0.15, -0.1) is 0 Å². The van der Waals surface area contributed by atoms with E-state index in [0.29, 0.717) is 0 Å². The molecule has 0 radical (unpaired) electrons. The molecular formula is C15H15IN2. The molecule has 3 N–H and O–H groups in total. The van der Waals surface area contributed by atoms with Crippen molar-refractivity contribution in [1.29, 1.82) is 0 Å². The van der Waals surface area contributed by atoms with Crippen LogP contribution in [0.25, 0.3) is 0 Å². The molecule has 3 rings (SSSR count). The summed E-state index contributed by atoms with van der Waals surface area (Å²) in [5.74, 6) is 0. The van der Waals surface area contributed by atoms with E-state index in [9.17, 15) is 0 Å². The van der Waals surface area contributed by atoms with Crippen LogP contribution in [-0.4, -0.2) is 0 Å². The Morgan fingerprint density at radius 2 is 1.83 bits per heavy atom. The highest BCUT2D eigenvalue weighted by atomic mass is 127. The Morgan fingerprint density at radius 3 is 2.67 bits per heavy atom. The van der Waals surface area contributed by atoms with Gasteiger partial charge in [0, 0.05) is 14.9 Å². The summed E-state index contributed by atoms with van der Waals surface area (Å²) < 4.78 is 1.15. The zero-order chi connectivity index (χ0) is 12.5. The monoisotopic (exact) mass is 350 g/mol. The van der Waals surface area contributed by atoms with Crippen molar-refractivity contribution in [3.8, 4) is 0 Å². The first kappa shape index (κ1) is 11.8. The predicted octanol–water partition coefficient (Wildman–Crippen LogP) is 4.11. The van der Waals surface area contributed by atoms with E-state index in [4.69, 9.17) is 5.73 Å². The Labute approximate surface area is 121 Å². The van der Waals surface area contributed by atoms with Gasteiger partial charge in [0.25, 0.3) is 0 Å². The molecule has 0 heterocycles. The van der Waals surface area contributed by atoms with E-state index < -0.39 is 0 Å². The number of benzene rings is 2. The van der Waals surface area contributed by atoms with Crippen LogP contribution >= 0.6 is 22.6 Å². The second-order valence-electron chi connectivity index (χ2n) is 4.70. The SMILES string of the molecule is Nc1ccc(Nc2ccc3c(c2)CCC3)c(I)c1. The molecule has 18 heavy (non-hydrogen) atoms. The van der Waals surface area contributed by atoms with Crippen molar-refractivity contribution in [3.63, 3.8) is 0 Å². The average molecular weight is 350 g/mol. The molecule has 0 aromatic heterocycles. The fraction of sp³-hybridized carbons (Fsp3) is 0.200. The molecule has 0 bridgehead atoms. The Bertz CT molecular complexity index is 593. The predicted molar refractivity (Wildman–Crippen MR) is 85.3 cm³/mol. The molecule has 2 aromatic rings. The molecule has 1 aliphatic carbocycles. The standard InChI is InChI=1S/C15H15IN2/c16-14-9-12(17)5-7-15(14)18-13-6-4-10-2-1-3-11(10)8-13/h4-9,18H,1-3,17H2. The topological polar surface area (TPSA) is 38.0 Å². The fourth-order valence-corrected chi connectivity index (χ4v) is 3.11. The van der Waals surface area contributed by atoms with Gasteiger partial charge < -0.3 is 11.1 Å². The largest absolute Gasteiger partial charge is 0.399 e. The summed E-state index contributed by atoms with van der Waals surface area (Å²) in [4.78, 5) is 0. The lowest BCUT2D eigenvalue weighted by Gasteiger charge is -2.10. The van der Waals surface area contributed by atoms with Gasteiger partial charge >= 0.3 is 0 Å². The third-order valence-electron chi connectivity index (χ3n) is 3.37. The van der Waals surface area contributed by atoms with Gasteiger partial charge in [0.05, 0.1) is 5.69 Å². The van der Waals surface area contributed by atoms with Crippen LogP contribution in [0.3, 0.4) is 0 Å². The minimum Gasteiger partial charge on any atom is -0.399 e. The first-order valence-electron chi connectivity index (χ1n) is 6.16. The molecule has 0 fully saturated rings. The van der Waals surface area contributed by atoms with Gasteiger partial charge in [-0.05, 0) is 83.3 Å². The molecule has 1 aliphatic rings. The van der Waals surface area contributed by atoms with Gasteiger partial charge in [-0.1, -0.05) is 6.07 Å². The molecule has 0 saturated heterocycles. The number of fused-ring (bicyclic) bond motifs is 1. The van der Waals surface area contributed by atoms with Crippen LogP contribution in [0.2, 0.25) is 0 Å². The second-order valence-corrected chi connectivity index (χ2v) is 5.86. The summed E-state index contributed by atoms with van der Waals surface area (Å²) in [5, 5.41) is 3.47. The molecule has 2 nitrogen and oxygen atoms in total. The highest BCUT2D eigenvalue weighted by Gasteiger charge is 2.11. The first-order chi connectivity index (χ1) is 8.72. The number of nitrogens with one attached hydrogen (secondary N) is 1. The van der Waals surface area contributed by atoms with Gasteiger partial charge in [-0.3, -0.25) is 0 Å². The third kappa shape index (κ3) is 2.32. The molecule has 2 aromatic carbocycles. The molecule has 0 amide bonds. The minimum atomic E-state index is 0.805. The van der Waals surface area contributed by atoms with Gasteiger partial charge in [-0.2, -0.15) is 0 Å². The molecule has 3 heteroatoms. The van der Waals surface area contributed by atoms with Crippen LogP contribution in [0.5, 0.6) is 0 Å². The van der Waals surface area contributed by atoms with E-state index in [1.807, 2.05) is 18.2 Å². The number of anilines is 3. The minimum absolute atomic E-state index is 0.805. The van der Waals surface area contributed by atoms with Crippen LogP contribution in [0.1, 0.15) is 17.5 Å². The Hall–Kier alpha value is -1.23. The lowest BCUT2D eigenvalue weighted by atomic mass is 10.1. The maximum Gasteiger partial charge on any atom is 0.0521 e. The average Bonchev–Trinajstić information content (AvgIpc) is 2.80. The maximum atomic E-state index is 5.76. The van der Waals surface area contributed by atoms with Crippen molar-refractivity contribution in [1.82, 2.24) is 0 Å². The molecule has 0 unspecified atom stereocenters. The summed E-state index contributed by atoms with van der Waals surface area (Å²) in [6.07, 6.45) is 3.73. The molecule has 0 atom stereocenters. The van der Waals surface area contributed by atoms with Crippen molar-refractivity contribution in [2.45, 2.75) is 19.3 Å². The van der Waals surface area contributed by atoms with E-state index in [1.54, 1.807) is 0 Å². The number of nitrogen functional groups attached to an aromatic ring is 1. The number of hydrogen-bond acceptors (Lipinski definition) is 2. The van der Waals surface area contributed by atoms with Crippen molar-refractivity contribution in [3.05, 3.63) is 51.1 Å². The van der Waals surface area contributed by atoms with Crippen molar-refractivity contribution < 1.29 is 0 Å². The lowest BCUT2D eigenvalue weighted by molar-refractivity contribution is 0.912. The Kier molecular flexibility index (Phi) is 3.16. The van der Waals surface area contributed by atoms with E-state index in [2.05, 4.69) is 46.1 Å². The normalized spacial score (nSPS) is 13.4. The number of rotatable bonds is 2.